The molecule has 1 saturated carbocycles. The van der Waals surface area contributed by atoms with Crippen molar-refractivity contribution in [2.24, 2.45) is 5.92 Å². The quantitative estimate of drug-likeness (QED) is 0.596. The topological polar surface area (TPSA) is 52.6 Å². The number of carbonyl (C=O) groups excluding carboxylic acids is 2. The second kappa shape index (κ2) is 9.26. The Hall–Kier alpha value is -2.10. The zero-order valence-electron chi connectivity index (χ0n) is 15.5. The van der Waals surface area contributed by atoms with E-state index >= 15 is 0 Å². The number of Topliss-reactive ketones (excluding diaryl/α,β-unsaturated/α-hetero) is 2. The van der Waals surface area contributed by atoms with E-state index in [4.69, 9.17) is 9.47 Å². The van der Waals surface area contributed by atoms with Crippen LogP contribution in [0.4, 0.5) is 0 Å². The molecule has 1 fully saturated rings. The molecule has 1 aromatic rings. The summed E-state index contributed by atoms with van der Waals surface area (Å²) in [5, 5.41) is 0. The van der Waals surface area contributed by atoms with Crippen LogP contribution in [-0.4, -0.2) is 25.8 Å². The lowest BCUT2D eigenvalue weighted by molar-refractivity contribution is -0.118. The molecule has 0 amide bonds. The van der Waals surface area contributed by atoms with Crippen molar-refractivity contribution >= 4 is 11.6 Å². The van der Waals surface area contributed by atoms with Gasteiger partial charge in [-0.2, -0.15) is 0 Å². The molecule has 0 saturated heterocycles. The van der Waals surface area contributed by atoms with Gasteiger partial charge in [0.2, 0.25) is 0 Å². The molecule has 0 heterocycles. The van der Waals surface area contributed by atoms with Crippen LogP contribution in [0.25, 0.3) is 0 Å². The molecule has 0 bridgehead atoms. The van der Waals surface area contributed by atoms with E-state index in [-0.39, 0.29) is 17.3 Å². The van der Waals surface area contributed by atoms with Gasteiger partial charge in [0, 0.05) is 12.5 Å². The van der Waals surface area contributed by atoms with Gasteiger partial charge < -0.3 is 9.47 Å². The van der Waals surface area contributed by atoms with Crippen molar-refractivity contribution in [3.8, 4) is 5.75 Å². The summed E-state index contributed by atoms with van der Waals surface area (Å²) in [6, 6.07) is 8.50. The minimum absolute atomic E-state index is 0.142. The Morgan fingerprint density at radius 3 is 1.79 bits per heavy atom. The molecule has 4 heteroatoms. The monoisotopic (exact) mass is 332 g/mol. The summed E-state index contributed by atoms with van der Waals surface area (Å²) in [5.41, 5.74) is 1.85. The fourth-order valence-electron chi connectivity index (χ4n) is 2.73. The third kappa shape index (κ3) is 5.22. The van der Waals surface area contributed by atoms with Crippen molar-refractivity contribution < 1.29 is 19.1 Å². The number of allylic oxidation sites excluding steroid dienone is 2. The molecule has 1 aliphatic carbocycles. The maximum absolute atomic E-state index is 10.8. The van der Waals surface area contributed by atoms with Gasteiger partial charge in [0.1, 0.15) is 5.75 Å². The first-order valence-corrected chi connectivity index (χ1v) is 8.22. The van der Waals surface area contributed by atoms with E-state index < -0.39 is 0 Å². The number of benzene rings is 1. The predicted molar refractivity (Wildman–Crippen MR) is 95.2 cm³/mol. The summed E-state index contributed by atoms with van der Waals surface area (Å²) in [6.45, 7) is 6.67. The summed E-state index contributed by atoms with van der Waals surface area (Å²) in [4.78, 5) is 21.5. The predicted octanol–water partition coefficient (Wildman–Crippen LogP) is 4.29. The van der Waals surface area contributed by atoms with Crippen molar-refractivity contribution in [2.75, 3.05) is 14.2 Å². The van der Waals surface area contributed by atoms with Crippen molar-refractivity contribution in [1.29, 1.82) is 0 Å². The normalized spacial score (nSPS) is 19.9. The molecule has 4 nitrogen and oxygen atoms in total. The zero-order chi connectivity index (χ0) is 18.3. The molecule has 2 atom stereocenters. The van der Waals surface area contributed by atoms with Gasteiger partial charge in [0.15, 0.2) is 17.3 Å². The lowest BCUT2D eigenvalue weighted by Gasteiger charge is -2.34. The summed E-state index contributed by atoms with van der Waals surface area (Å²) >= 11 is 0. The van der Waals surface area contributed by atoms with E-state index in [1.165, 1.54) is 39.4 Å². The molecule has 1 aliphatic rings. The first-order chi connectivity index (χ1) is 11.3. The van der Waals surface area contributed by atoms with Crippen LogP contribution in [0.3, 0.4) is 0 Å². The first kappa shape index (κ1) is 19.9. The summed E-state index contributed by atoms with van der Waals surface area (Å²) < 4.78 is 9.87. The highest BCUT2D eigenvalue weighted by molar-refractivity contribution is 6.02. The van der Waals surface area contributed by atoms with Crippen LogP contribution in [-0.2, 0) is 14.3 Å². The van der Waals surface area contributed by atoms with Crippen molar-refractivity contribution in [2.45, 2.75) is 46.5 Å². The number of hydrogen-bond donors (Lipinski definition) is 0. The second-order valence-electron chi connectivity index (χ2n) is 6.20. The van der Waals surface area contributed by atoms with Crippen molar-refractivity contribution in [1.82, 2.24) is 0 Å². The Bertz CT molecular complexity index is 599. The number of ketones is 2. The van der Waals surface area contributed by atoms with E-state index in [2.05, 4.69) is 31.2 Å². The van der Waals surface area contributed by atoms with Crippen LogP contribution in [0.1, 0.15) is 52.0 Å². The lowest BCUT2D eigenvalue weighted by Crippen LogP contribution is -2.20. The van der Waals surface area contributed by atoms with Crippen molar-refractivity contribution in [3.63, 3.8) is 0 Å². The van der Waals surface area contributed by atoms with Gasteiger partial charge in [-0.15, -0.1) is 0 Å². The van der Waals surface area contributed by atoms with E-state index in [1.54, 1.807) is 14.0 Å². The average molecular weight is 332 g/mol. The van der Waals surface area contributed by atoms with Gasteiger partial charge >= 0.3 is 0 Å². The van der Waals surface area contributed by atoms with E-state index in [0.717, 1.165) is 17.6 Å². The molecule has 1 aromatic carbocycles. The highest BCUT2D eigenvalue weighted by Gasteiger charge is 2.27. The first-order valence-electron chi connectivity index (χ1n) is 8.22. The molecular weight excluding hydrogens is 304 g/mol. The van der Waals surface area contributed by atoms with Gasteiger partial charge in [0.25, 0.3) is 0 Å². The molecule has 2 rings (SSSR count). The molecule has 0 aliphatic heterocycles. The maximum Gasteiger partial charge on any atom is 0.194 e. The molecular formula is C20H28O4. The summed E-state index contributed by atoms with van der Waals surface area (Å²) in [6.07, 6.45) is 2.74. The Morgan fingerprint density at radius 1 is 0.958 bits per heavy atom. The highest BCUT2D eigenvalue weighted by Crippen LogP contribution is 2.42. The Morgan fingerprint density at radius 2 is 1.54 bits per heavy atom. The third-order valence-corrected chi connectivity index (χ3v) is 4.56. The minimum Gasteiger partial charge on any atom is -0.497 e. The molecule has 0 radical (unpaired) electrons. The number of carbonyl (C=O) groups is 2. The van der Waals surface area contributed by atoms with Gasteiger partial charge in [-0.3, -0.25) is 9.59 Å². The third-order valence-electron chi connectivity index (χ3n) is 4.56. The lowest BCUT2D eigenvalue weighted by atomic mass is 9.71. The van der Waals surface area contributed by atoms with Crippen LogP contribution >= 0.6 is 0 Å². The molecule has 24 heavy (non-hydrogen) atoms. The molecule has 0 spiro atoms. The molecule has 0 N–H and O–H groups in total. The van der Waals surface area contributed by atoms with E-state index in [1.807, 2.05) is 0 Å². The number of methoxy groups -OCH3 is 2. The van der Waals surface area contributed by atoms with Gasteiger partial charge in [-0.1, -0.05) is 19.1 Å². The maximum atomic E-state index is 10.8. The molecule has 0 unspecified atom stereocenters. The fourth-order valence-corrected chi connectivity index (χ4v) is 2.73. The highest BCUT2D eigenvalue weighted by atomic mass is 16.5. The Kier molecular flexibility index (Phi) is 7.69. The summed E-state index contributed by atoms with van der Waals surface area (Å²) in [5.74, 6) is 2.41. The smallest absolute Gasteiger partial charge is 0.194 e. The van der Waals surface area contributed by atoms with Crippen LogP contribution in [0.5, 0.6) is 5.75 Å². The number of hydrogen-bond acceptors (Lipinski definition) is 4. The number of rotatable bonds is 5. The standard InChI is InChI=1S/C12H16O.C8H12O3/c1-9-3-8-12(9)10-4-6-11(13-2)7-5-10;1-5(6(2)9)8(11-4)7(3)10/h4-7,9,12H,3,8H2,1-2H3;1-4H3/b;8-5+/t9-,12-;/m0./s1. The van der Waals surface area contributed by atoms with Crippen molar-refractivity contribution in [3.05, 3.63) is 41.2 Å². The molecule has 0 aromatic heterocycles. The van der Waals surface area contributed by atoms with E-state index in [9.17, 15) is 9.59 Å². The van der Waals surface area contributed by atoms with Crippen LogP contribution in [0.2, 0.25) is 0 Å². The fraction of sp³-hybridized carbons (Fsp3) is 0.500. The minimum atomic E-state index is -0.222. The summed E-state index contributed by atoms with van der Waals surface area (Å²) in [7, 11) is 3.09. The van der Waals surface area contributed by atoms with E-state index in [0.29, 0.717) is 5.57 Å². The number of ether oxygens (including phenoxy) is 2. The van der Waals surface area contributed by atoms with Gasteiger partial charge in [-0.05, 0) is 56.2 Å². The van der Waals surface area contributed by atoms with Crippen LogP contribution in [0.15, 0.2) is 35.6 Å². The van der Waals surface area contributed by atoms with Crippen LogP contribution in [0, 0.1) is 5.92 Å². The Balaban J connectivity index is 0.000000245. The molecule has 132 valence electrons. The SMILES string of the molecule is CO/C(C(C)=O)=C(\C)C(C)=O.COc1ccc([C@H]2CC[C@@H]2C)cc1. The van der Waals surface area contributed by atoms with Gasteiger partial charge in [-0.25, -0.2) is 0 Å². The zero-order valence-corrected chi connectivity index (χ0v) is 15.5. The Labute approximate surface area is 144 Å². The van der Waals surface area contributed by atoms with Crippen LogP contribution < -0.4 is 4.74 Å². The van der Waals surface area contributed by atoms with Gasteiger partial charge in [0.05, 0.1) is 14.2 Å². The second-order valence-corrected chi connectivity index (χ2v) is 6.20. The largest absolute Gasteiger partial charge is 0.497 e. The average Bonchev–Trinajstić information content (AvgIpc) is 2.55.